The average Bonchev–Trinajstić information content (AvgIpc) is 2.40. The van der Waals surface area contributed by atoms with E-state index in [4.69, 9.17) is 4.74 Å². The molecule has 0 bridgehead atoms. The van der Waals surface area contributed by atoms with E-state index in [9.17, 15) is 15.0 Å². The van der Waals surface area contributed by atoms with Crippen molar-refractivity contribution >= 4 is 5.91 Å². The number of hydrogen-bond donors (Lipinski definition) is 2. The Morgan fingerprint density at radius 2 is 2.00 bits per heavy atom. The summed E-state index contributed by atoms with van der Waals surface area (Å²) in [5, 5.41) is 19.2. The van der Waals surface area contributed by atoms with Gasteiger partial charge in [0.1, 0.15) is 18.2 Å². The third-order valence-corrected chi connectivity index (χ3v) is 3.58. The number of ether oxygens (including phenoxy) is 1. The zero-order valence-corrected chi connectivity index (χ0v) is 9.77. The van der Waals surface area contributed by atoms with Crippen LogP contribution in [-0.4, -0.2) is 46.1 Å². The molecule has 5 nitrogen and oxygen atoms in total. The predicted octanol–water partition coefficient (Wildman–Crippen LogP) is -0.277. The maximum Gasteiger partial charge on any atom is 0.235 e. The van der Waals surface area contributed by atoms with Crippen LogP contribution in [0.5, 0.6) is 0 Å². The van der Waals surface area contributed by atoms with E-state index >= 15 is 0 Å². The molecule has 2 fully saturated rings. The highest BCUT2D eigenvalue weighted by molar-refractivity contribution is 5.86. The van der Waals surface area contributed by atoms with Gasteiger partial charge in [-0.25, -0.2) is 0 Å². The van der Waals surface area contributed by atoms with Gasteiger partial charge >= 0.3 is 0 Å². The minimum Gasteiger partial charge on any atom is -0.389 e. The summed E-state index contributed by atoms with van der Waals surface area (Å²) in [6, 6.07) is 9.62. The molecule has 0 unspecified atom stereocenters. The molecular weight excluding hydrogens is 234 g/mol. The Labute approximate surface area is 105 Å². The van der Waals surface area contributed by atoms with Gasteiger partial charge in [0, 0.05) is 6.54 Å². The zero-order valence-electron chi connectivity index (χ0n) is 9.77. The van der Waals surface area contributed by atoms with Crippen molar-refractivity contribution in [3.63, 3.8) is 0 Å². The van der Waals surface area contributed by atoms with Crippen LogP contribution in [0.15, 0.2) is 30.3 Å². The molecule has 0 radical (unpaired) electrons. The Bertz CT molecular complexity index is 450. The van der Waals surface area contributed by atoms with E-state index in [1.165, 1.54) is 0 Å². The van der Waals surface area contributed by atoms with Crippen LogP contribution in [0.25, 0.3) is 0 Å². The number of carbonyl (C=O) groups excluding carboxylic acids is 1. The van der Waals surface area contributed by atoms with Crippen molar-refractivity contribution in [3.05, 3.63) is 35.9 Å². The van der Waals surface area contributed by atoms with E-state index in [2.05, 4.69) is 0 Å². The normalized spacial score (nSPS) is 35.0. The lowest BCUT2D eigenvalue weighted by Crippen LogP contribution is -2.70. The lowest BCUT2D eigenvalue weighted by atomic mass is 9.84. The molecule has 0 spiro atoms. The van der Waals surface area contributed by atoms with E-state index in [0.717, 1.165) is 5.56 Å². The lowest BCUT2D eigenvalue weighted by molar-refractivity contribution is -0.250. The van der Waals surface area contributed by atoms with Crippen LogP contribution in [0.3, 0.4) is 0 Å². The van der Waals surface area contributed by atoms with Crippen molar-refractivity contribution in [1.29, 1.82) is 0 Å². The van der Waals surface area contributed by atoms with Crippen LogP contribution in [0.2, 0.25) is 0 Å². The zero-order chi connectivity index (χ0) is 12.7. The topological polar surface area (TPSA) is 70.0 Å². The first-order chi connectivity index (χ1) is 8.68. The fourth-order valence-electron chi connectivity index (χ4n) is 2.54. The first-order valence-corrected chi connectivity index (χ1v) is 6.00. The number of fused-ring (bicyclic) bond motifs is 1. The van der Waals surface area contributed by atoms with Gasteiger partial charge in [0.2, 0.25) is 5.91 Å². The molecule has 1 amide bonds. The van der Waals surface area contributed by atoms with Crippen LogP contribution in [0, 0.1) is 5.92 Å². The highest BCUT2D eigenvalue weighted by Gasteiger charge is 2.56. The van der Waals surface area contributed by atoms with Crippen LogP contribution in [0.4, 0.5) is 0 Å². The molecule has 18 heavy (non-hydrogen) atoms. The van der Waals surface area contributed by atoms with Gasteiger partial charge in [-0.15, -0.1) is 0 Å². The van der Waals surface area contributed by atoms with Crippen LogP contribution >= 0.6 is 0 Å². The molecule has 2 N–H and O–H groups in total. The first-order valence-electron chi connectivity index (χ1n) is 6.00. The van der Waals surface area contributed by atoms with Crippen molar-refractivity contribution in [2.24, 2.45) is 5.92 Å². The molecule has 1 aromatic rings. The summed E-state index contributed by atoms with van der Waals surface area (Å²) in [5.41, 5.74) is 1.02. The molecule has 4 atom stereocenters. The van der Waals surface area contributed by atoms with E-state index in [1.54, 1.807) is 4.90 Å². The fourth-order valence-corrected chi connectivity index (χ4v) is 2.54. The molecule has 1 aromatic carbocycles. The number of rotatable bonds is 2. The standard InChI is InChI=1S/C13H15NO4/c15-9-7-18-13-10(11(9)16)12(17)14(13)6-8-4-2-1-3-5-8/h1-5,9-11,13,15-16H,6-7H2/t9-,10-,11-,13-/m1/s1. The number of β-lactam (4-membered cyclic amide) rings is 1. The molecule has 2 saturated heterocycles. The second kappa shape index (κ2) is 4.35. The van der Waals surface area contributed by atoms with Crippen molar-refractivity contribution < 1.29 is 19.7 Å². The van der Waals surface area contributed by atoms with Crippen molar-refractivity contribution in [3.8, 4) is 0 Å². The Kier molecular flexibility index (Phi) is 2.81. The second-order valence-electron chi connectivity index (χ2n) is 4.76. The Balaban J connectivity index is 1.72. The number of aliphatic hydroxyl groups is 2. The minimum atomic E-state index is -1.01. The van der Waals surface area contributed by atoms with Gasteiger partial charge in [0.25, 0.3) is 0 Å². The smallest absolute Gasteiger partial charge is 0.235 e. The molecule has 96 valence electrons. The number of nitrogens with zero attached hydrogens (tertiary/aromatic N) is 1. The number of likely N-dealkylation sites (tertiary alicyclic amines) is 1. The summed E-state index contributed by atoms with van der Waals surface area (Å²) in [4.78, 5) is 13.5. The van der Waals surface area contributed by atoms with Gasteiger partial charge in [0.15, 0.2) is 0 Å². The molecule has 0 aliphatic carbocycles. The molecule has 2 aliphatic rings. The average molecular weight is 249 g/mol. The maximum atomic E-state index is 11.9. The monoisotopic (exact) mass is 249 g/mol. The van der Waals surface area contributed by atoms with E-state index < -0.39 is 24.4 Å². The molecule has 2 aliphatic heterocycles. The minimum absolute atomic E-state index is 0.0703. The van der Waals surface area contributed by atoms with Gasteiger partial charge in [-0.2, -0.15) is 0 Å². The molecule has 5 heteroatoms. The highest BCUT2D eigenvalue weighted by Crippen LogP contribution is 2.36. The van der Waals surface area contributed by atoms with Crippen molar-refractivity contribution in [2.75, 3.05) is 6.61 Å². The van der Waals surface area contributed by atoms with Crippen LogP contribution in [-0.2, 0) is 16.1 Å². The van der Waals surface area contributed by atoms with Gasteiger partial charge in [-0.3, -0.25) is 4.79 Å². The van der Waals surface area contributed by atoms with Crippen LogP contribution < -0.4 is 0 Å². The summed E-state index contributed by atoms with van der Waals surface area (Å²) in [7, 11) is 0. The number of carbonyl (C=O) groups is 1. The van der Waals surface area contributed by atoms with Gasteiger partial charge in [0.05, 0.1) is 12.7 Å². The number of hydrogen-bond acceptors (Lipinski definition) is 4. The second-order valence-corrected chi connectivity index (χ2v) is 4.76. The third kappa shape index (κ3) is 1.71. The fraction of sp³-hybridized carbons (Fsp3) is 0.462. The predicted molar refractivity (Wildman–Crippen MR) is 62.2 cm³/mol. The van der Waals surface area contributed by atoms with Crippen LogP contribution in [0.1, 0.15) is 5.56 Å². The van der Waals surface area contributed by atoms with Gasteiger partial charge < -0.3 is 19.8 Å². The molecule has 0 aromatic heterocycles. The summed E-state index contributed by atoms with van der Waals surface area (Å²) in [6.45, 7) is 0.546. The number of amides is 1. The molecule has 0 saturated carbocycles. The Morgan fingerprint density at radius 3 is 2.72 bits per heavy atom. The Morgan fingerprint density at radius 1 is 1.28 bits per heavy atom. The molecular formula is C13H15NO4. The van der Waals surface area contributed by atoms with E-state index in [-0.39, 0.29) is 12.5 Å². The summed E-state index contributed by atoms with van der Waals surface area (Å²) in [5.74, 6) is -0.771. The third-order valence-electron chi connectivity index (χ3n) is 3.58. The van der Waals surface area contributed by atoms with Crippen molar-refractivity contribution in [2.45, 2.75) is 25.0 Å². The molecule has 3 rings (SSSR count). The van der Waals surface area contributed by atoms with Gasteiger partial charge in [-0.05, 0) is 5.56 Å². The SMILES string of the molecule is O=C1[C@H]2[C@H](O)[C@H](O)CO[C@H]2N1Cc1ccccc1. The number of benzene rings is 1. The number of aliphatic hydroxyl groups excluding tert-OH is 2. The van der Waals surface area contributed by atoms with Crippen molar-refractivity contribution in [1.82, 2.24) is 4.90 Å². The lowest BCUT2D eigenvalue weighted by Gasteiger charge is -2.52. The highest BCUT2D eigenvalue weighted by atomic mass is 16.5. The first kappa shape index (κ1) is 11.6. The van der Waals surface area contributed by atoms with Gasteiger partial charge in [-0.1, -0.05) is 30.3 Å². The Hall–Kier alpha value is -1.43. The van der Waals surface area contributed by atoms with E-state index in [1.807, 2.05) is 30.3 Å². The summed E-state index contributed by atoms with van der Waals surface area (Å²) in [6.07, 6.45) is -2.38. The molecule has 2 heterocycles. The summed E-state index contributed by atoms with van der Waals surface area (Å²) >= 11 is 0. The largest absolute Gasteiger partial charge is 0.389 e. The quantitative estimate of drug-likeness (QED) is 0.707. The van der Waals surface area contributed by atoms with E-state index in [0.29, 0.717) is 6.54 Å². The maximum absolute atomic E-state index is 11.9. The summed E-state index contributed by atoms with van der Waals surface area (Å²) < 4.78 is 5.41.